The molecule has 1 aromatic carbocycles. The molecule has 0 saturated heterocycles. The monoisotopic (exact) mass is 245 g/mol. The van der Waals surface area contributed by atoms with E-state index in [1.807, 2.05) is 22.8 Å². The molecule has 2 aromatic rings. The molecular formula is C12H15N5O. The van der Waals surface area contributed by atoms with Gasteiger partial charge in [0, 0.05) is 5.92 Å². The van der Waals surface area contributed by atoms with Gasteiger partial charge >= 0.3 is 0 Å². The molecule has 1 heterocycles. The van der Waals surface area contributed by atoms with Crippen LogP contribution in [0.4, 0.5) is 5.69 Å². The van der Waals surface area contributed by atoms with Crippen molar-refractivity contribution in [1.82, 2.24) is 15.0 Å². The number of hydrogen-bond donors (Lipinski definition) is 3. The summed E-state index contributed by atoms with van der Waals surface area (Å²) < 4.78 is 1.91. The first-order valence-corrected chi connectivity index (χ1v) is 5.94. The average molecular weight is 245 g/mol. The van der Waals surface area contributed by atoms with E-state index in [0.29, 0.717) is 11.6 Å². The number of nitrogens with one attached hydrogen (secondary N) is 1. The number of anilines is 1. The SMILES string of the molecule is NNC(=O)Cn1c(C2CC2)nc2c(N)cccc21. The standard InChI is InChI=1S/C12H15N5O/c13-8-2-1-3-9-11(8)15-12(7-4-5-7)17(9)6-10(18)16-14/h1-3,7H,4-6,13-14H2,(H,16,18). The Balaban J connectivity index is 2.15. The molecule has 1 aliphatic carbocycles. The minimum Gasteiger partial charge on any atom is -0.397 e. The van der Waals surface area contributed by atoms with E-state index in [1.165, 1.54) is 0 Å². The van der Waals surface area contributed by atoms with Crippen LogP contribution in [-0.2, 0) is 11.3 Å². The predicted molar refractivity (Wildman–Crippen MR) is 68.5 cm³/mol. The Morgan fingerprint density at radius 2 is 2.28 bits per heavy atom. The minimum absolute atomic E-state index is 0.183. The minimum atomic E-state index is -0.237. The number of para-hydroxylation sites is 1. The van der Waals surface area contributed by atoms with Crippen molar-refractivity contribution in [3.8, 4) is 0 Å². The van der Waals surface area contributed by atoms with Gasteiger partial charge in [-0.1, -0.05) is 6.07 Å². The van der Waals surface area contributed by atoms with Crippen LogP contribution in [0.3, 0.4) is 0 Å². The third kappa shape index (κ3) is 1.70. The molecule has 0 aliphatic heterocycles. The van der Waals surface area contributed by atoms with Crippen molar-refractivity contribution < 1.29 is 4.79 Å². The zero-order valence-electron chi connectivity index (χ0n) is 9.89. The molecule has 0 atom stereocenters. The van der Waals surface area contributed by atoms with Crippen molar-refractivity contribution in [2.45, 2.75) is 25.3 Å². The molecular weight excluding hydrogens is 230 g/mol. The lowest BCUT2D eigenvalue weighted by Crippen LogP contribution is -2.33. The van der Waals surface area contributed by atoms with Crippen LogP contribution >= 0.6 is 0 Å². The number of imidazole rings is 1. The van der Waals surface area contributed by atoms with E-state index in [9.17, 15) is 4.79 Å². The number of carbonyl (C=O) groups excluding carboxylic acids is 1. The van der Waals surface area contributed by atoms with Crippen LogP contribution < -0.4 is 17.0 Å². The summed E-state index contributed by atoms with van der Waals surface area (Å²) in [5.41, 5.74) is 10.4. The number of carbonyl (C=O) groups is 1. The highest BCUT2D eigenvalue weighted by atomic mass is 16.2. The largest absolute Gasteiger partial charge is 0.397 e. The van der Waals surface area contributed by atoms with Crippen LogP contribution in [0.5, 0.6) is 0 Å². The second-order valence-corrected chi connectivity index (χ2v) is 4.61. The Kier molecular flexibility index (Phi) is 2.45. The molecule has 0 radical (unpaired) electrons. The maximum absolute atomic E-state index is 11.5. The van der Waals surface area contributed by atoms with Gasteiger partial charge in [0.15, 0.2) is 0 Å². The number of nitrogens with two attached hydrogens (primary N) is 2. The number of hydrogen-bond acceptors (Lipinski definition) is 4. The number of nitrogen functional groups attached to an aromatic ring is 1. The Morgan fingerprint density at radius 1 is 1.50 bits per heavy atom. The third-order valence-corrected chi connectivity index (χ3v) is 3.24. The van der Waals surface area contributed by atoms with Crippen molar-refractivity contribution in [3.63, 3.8) is 0 Å². The number of rotatable bonds is 3. The zero-order chi connectivity index (χ0) is 12.7. The van der Waals surface area contributed by atoms with E-state index in [4.69, 9.17) is 11.6 Å². The van der Waals surface area contributed by atoms with Crippen LogP contribution in [0.15, 0.2) is 18.2 Å². The van der Waals surface area contributed by atoms with Gasteiger partial charge in [0.25, 0.3) is 5.91 Å². The fraction of sp³-hybridized carbons (Fsp3) is 0.333. The normalized spacial score (nSPS) is 14.9. The van der Waals surface area contributed by atoms with Crippen molar-refractivity contribution in [3.05, 3.63) is 24.0 Å². The summed E-state index contributed by atoms with van der Waals surface area (Å²) in [6, 6.07) is 5.61. The van der Waals surface area contributed by atoms with Crippen LogP contribution in [0.2, 0.25) is 0 Å². The van der Waals surface area contributed by atoms with Crippen molar-refractivity contribution in [2.75, 3.05) is 5.73 Å². The summed E-state index contributed by atoms with van der Waals surface area (Å²) in [5.74, 6) is 6.29. The van der Waals surface area contributed by atoms with E-state index in [1.54, 1.807) is 0 Å². The van der Waals surface area contributed by atoms with Gasteiger partial charge in [0.2, 0.25) is 0 Å². The molecule has 1 aliphatic rings. The first kappa shape index (κ1) is 11.0. The Labute approximate surface area is 104 Å². The van der Waals surface area contributed by atoms with Gasteiger partial charge in [0.05, 0.1) is 11.2 Å². The topological polar surface area (TPSA) is 99.0 Å². The summed E-state index contributed by atoms with van der Waals surface area (Å²) in [6.45, 7) is 0.183. The summed E-state index contributed by atoms with van der Waals surface area (Å²) in [5, 5.41) is 0. The number of amides is 1. The summed E-state index contributed by atoms with van der Waals surface area (Å²) in [6.07, 6.45) is 2.24. The molecule has 1 saturated carbocycles. The molecule has 3 rings (SSSR count). The summed E-state index contributed by atoms with van der Waals surface area (Å²) >= 11 is 0. The highest BCUT2D eigenvalue weighted by Crippen LogP contribution is 2.41. The molecule has 6 nitrogen and oxygen atoms in total. The number of hydrazine groups is 1. The number of nitrogens with zero attached hydrogens (tertiary/aromatic N) is 2. The lowest BCUT2D eigenvalue weighted by atomic mass is 10.3. The molecule has 6 heteroatoms. The van der Waals surface area contributed by atoms with Crippen LogP contribution in [0.25, 0.3) is 11.0 Å². The van der Waals surface area contributed by atoms with Gasteiger partial charge in [-0.3, -0.25) is 10.2 Å². The lowest BCUT2D eigenvalue weighted by Gasteiger charge is -2.07. The number of fused-ring (bicyclic) bond motifs is 1. The smallest absolute Gasteiger partial charge is 0.253 e. The van der Waals surface area contributed by atoms with Crippen molar-refractivity contribution >= 4 is 22.6 Å². The maximum Gasteiger partial charge on any atom is 0.253 e. The van der Waals surface area contributed by atoms with E-state index in [0.717, 1.165) is 29.7 Å². The van der Waals surface area contributed by atoms with E-state index >= 15 is 0 Å². The molecule has 94 valence electrons. The molecule has 0 spiro atoms. The summed E-state index contributed by atoms with van der Waals surface area (Å²) in [4.78, 5) is 16.1. The van der Waals surface area contributed by atoms with Gasteiger partial charge in [0.1, 0.15) is 17.9 Å². The highest BCUT2D eigenvalue weighted by molar-refractivity contribution is 5.89. The molecule has 1 aromatic heterocycles. The van der Waals surface area contributed by atoms with Gasteiger partial charge in [-0.15, -0.1) is 0 Å². The molecule has 1 fully saturated rings. The first-order valence-electron chi connectivity index (χ1n) is 5.94. The van der Waals surface area contributed by atoms with Gasteiger partial charge in [-0.2, -0.15) is 0 Å². The summed E-state index contributed by atoms with van der Waals surface area (Å²) in [7, 11) is 0. The third-order valence-electron chi connectivity index (χ3n) is 3.24. The Bertz CT molecular complexity index is 614. The van der Waals surface area contributed by atoms with E-state index in [-0.39, 0.29) is 12.5 Å². The molecule has 18 heavy (non-hydrogen) atoms. The van der Waals surface area contributed by atoms with Gasteiger partial charge < -0.3 is 10.3 Å². The van der Waals surface area contributed by atoms with Crippen LogP contribution in [0, 0.1) is 0 Å². The zero-order valence-corrected chi connectivity index (χ0v) is 9.89. The maximum atomic E-state index is 11.5. The van der Waals surface area contributed by atoms with Crippen LogP contribution in [-0.4, -0.2) is 15.5 Å². The van der Waals surface area contributed by atoms with Crippen molar-refractivity contribution in [2.24, 2.45) is 5.84 Å². The second kappa shape index (κ2) is 3.99. The Morgan fingerprint density at radius 3 is 2.94 bits per heavy atom. The van der Waals surface area contributed by atoms with Gasteiger partial charge in [-0.05, 0) is 25.0 Å². The lowest BCUT2D eigenvalue weighted by molar-refractivity contribution is -0.121. The van der Waals surface area contributed by atoms with Crippen LogP contribution in [0.1, 0.15) is 24.6 Å². The number of aromatic nitrogens is 2. The first-order chi connectivity index (χ1) is 8.70. The fourth-order valence-corrected chi connectivity index (χ4v) is 2.20. The fourth-order valence-electron chi connectivity index (χ4n) is 2.20. The molecule has 1 amide bonds. The Hall–Kier alpha value is -2.08. The van der Waals surface area contributed by atoms with Crippen molar-refractivity contribution in [1.29, 1.82) is 0 Å². The van der Waals surface area contributed by atoms with Gasteiger partial charge in [-0.25, -0.2) is 10.8 Å². The quantitative estimate of drug-likeness (QED) is 0.317. The second-order valence-electron chi connectivity index (χ2n) is 4.61. The number of benzene rings is 1. The highest BCUT2D eigenvalue weighted by Gasteiger charge is 2.30. The van der Waals surface area contributed by atoms with E-state index < -0.39 is 0 Å². The van der Waals surface area contributed by atoms with E-state index in [2.05, 4.69) is 10.4 Å². The molecule has 0 unspecified atom stereocenters. The molecule has 5 N–H and O–H groups in total. The predicted octanol–water partition coefficient (Wildman–Crippen LogP) is 0.486. The molecule has 0 bridgehead atoms. The average Bonchev–Trinajstić information content (AvgIpc) is 3.14.